The summed E-state index contributed by atoms with van der Waals surface area (Å²) in [7, 11) is 0. The molecule has 7 heteroatoms. The number of nitrogens with zero attached hydrogens (tertiary/aromatic N) is 2. The summed E-state index contributed by atoms with van der Waals surface area (Å²) in [4.78, 5) is 15.6. The van der Waals surface area contributed by atoms with Crippen LogP contribution in [0.1, 0.15) is 32.9 Å². The number of halogens is 2. The molecule has 1 aliphatic rings. The third-order valence-electron chi connectivity index (χ3n) is 5.89. The Morgan fingerprint density at radius 1 is 0.938 bits per heavy atom. The summed E-state index contributed by atoms with van der Waals surface area (Å²) in [5, 5.41) is 2.97. The number of anilines is 1. The number of rotatable bonds is 6. The molecule has 5 nitrogen and oxygen atoms in total. The third kappa shape index (κ3) is 4.67. The second-order valence-electron chi connectivity index (χ2n) is 8.03. The summed E-state index contributed by atoms with van der Waals surface area (Å²) in [5.74, 6) is -0.799. The van der Waals surface area contributed by atoms with E-state index >= 15 is 0 Å². The Balaban J connectivity index is 1.66. The summed E-state index contributed by atoms with van der Waals surface area (Å²) in [6, 6.07) is 12.4. The van der Waals surface area contributed by atoms with Gasteiger partial charge in [-0.25, -0.2) is 8.78 Å². The first-order valence-electron chi connectivity index (χ1n) is 10.7. The predicted molar refractivity (Wildman–Crippen MR) is 120 cm³/mol. The Labute approximate surface area is 186 Å². The Bertz CT molecular complexity index is 1090. The fourth-order valence-electron chi connectivity index (χ4n) is 4.27. The van der Waals surface area contributed by atoms with E-state index in [0.717, 1.165) is 41.2 Å². The molecule has 32 heavy (non-hydrogen) atoms. The van der Waals surface area contributed by atoms with Gasteiger partial charge >= 0.3 is 0 Å². The normalized spacial score (nSPS) is 13.9. The van der Waals surface area contributed by atoms with Gasteiger partial charge in [0.1, 0.15) is 17.3 Å². The quantitative estimate of drug-likeness (QED) is 0.626. The zero-order chi connectivity index (χ0) is 22.7. The highest BCUT2D eigenvalue weighted by molar-refractivity contribution is 5.96. The van der Waals surface area contributed by atoms with E-state index in [4.69, 9.17) is 4.74 Å². The summed E-state index contributed by atoms with van der Waals surface area (Å²) in [5.41, 5.74) is 5.24. The van der Waals surface area contributed by atoms with E-state index in [1.807, 2.05) is 18.4 Å². The van der Waals surface area contributed by atoms with Crippen LogP contribution in [0.2, 0.25) is 0 Å². The maximum Gasteiger partial charge on any atom is 0.268 e. The van der Waals surface area contributed by atoms with Crippen LogP contribution in [0.15, 0.2) is 48.5 Å². The maximum absolute atomic E-state index is 13.4. The Morgan fingerprint density at radius 2 is 1.50 bits per heavy atom. The number of hydrogen-bond acceptors (Lipinski definition) is 3. The van der Waals surface area contributed by atoms with Crippen molar-refractivity contribution >= 4 is 11.6 Å². The molecule has 1 aromatic heterocycles. The minimum Gasteiger partial charge on any atom is -0.378 e. The second kappa shape index (κ2) is 9.53. The highest BCUT2D eigenvalue weighted by Crippen LogP contribution is 2.32. The van der Waals surface area contributed by atoms with E-state index in [0.29, 0.717) is 32.0 Å². The zero-order valence-electron chi connectivity index (χ0n) is 18.3. The first-order chi connectivity index (χ1) is 15.4. The number of aromatic nitrogens is 1. The molecule has 0 saturated carbocycles. The number of benzene rings is 2. The summed E-state index contributed by atoms with van der Waals surface area (Å²) >= 11 is 0. The number of carbonyl (C=O) groups excluding carboxylic acids is 1. The van der Waals surface area contributed by atoms with Gasteiger partial charge in [-0.1, -0.05) is 24.3 Å². The van der Waals surface area contributed by atoms with E-state index in [1.54, 1.807) is 24.3 Å². The summed E-state index contributed by atoms with van der Waals surface area (Å²) < 4.78 is 34.1. The molecule has 4 rings (SSSR count). The van der Waals surface area contributed by atoms with Crippen LogP contribution in [0, 0.1) is 25.5 Å². The van der Waals surface area contributed by atoms with Crippen molar-refractivity contribution in [2.45, 2.75) is 26.9 Å². The van der Waals surface area contributed by atoms with Gasteiger partial charge in [0.05, 0.1) is 18.9 Å². The average molecular weight is 440 g/mol. The van der Waals surface area contributed by atoms with Gasteiger partial charge in [0, 0.05) is 37.4 Å². The van der Waals surface area contributed by atoms with E-state index < -0.39 is 0 Å². The van der Waals surface area contributed by atoms with Gasteiger partial charge in [0.15, 0.2) is 0 Å². The molecule has 0 unspecified atom stereocenters. The first kappa shape index (κ1) is 22.0. The number of morpholine rings is 1. The lowest BCUT2D eigenvalue weighted by molar-refractivity contribution is 0.0941. The van der Waals surface area contributed by atoms with Crippen molar-refractivity contribution in [2.24, 2.45) is 0 Å². The molecule has 1 N–H and O–H groups in total. The Kier molecular flexibility index (Phi) is 6.55. The fraction of sp³-hybridized carbons (Fsp3) is 0.320. The topological polar surface area (TPSA) is 46.5 Å². The number of amides is 1. The van der Waals surface area contributed by atoms with Gasteiger partial charge in [-0.2, -0.15) is 0 Å². The molecular weight excluding hydrogens is 412 g/mol. The molecule has 168 valence electrons. The molecule has 0 radical (unpaired) electrons. The molecule has 2 aromatic carbocycles. The minimum absolute atomic E-state index is 0.198. The van der Waals surface area contributed by atoms with E-state index in [1.165, 1.54) is 24.3 Å². The lowest BCUT2D eigenvalue weighted by Gasteiger charge is -2.29. The smallest absolute Gasteiger partial charge is 0.268 e. The van der Waals surface area contributed by atoms with E-state index in [9.17, 15) is 13.6 Å². The van der Waals surface area contributed by atoms with Gasteiger partial charge in [-0.3, -0.25) is 4.79 Å². The van der Waals surface area contributed by atoms with Crippen molar-refractivity contribution in [3.05, 3.63) is 88.2 Å². The third-order valence-corrected chi connectivity index (χ3v) is 5.89. The average Bonchev–Trinajstić information content (AvgIpc) is 3.04. The standard InChI is InChI=1S/C25H27F2N3O2/c1-17-23(29-11-13-32-14-12-29)18(2)30(16-20-5-9-22(27)10-6-20)24(17)25(31)28-15-19-3-7-21(26)8-4-19/h3-10H,11-16H2,1-2H3,(H,28,31). The van der Waals surface area contributed by atoms with Crippen molar-refractivity contribution in [3.63, 3.8) is 0 Å². The van der Waals surface area contributed by atoms with E-state index in [-0.39, 0.29) is 17.5 Å². The maximum atomic E-state index is 13.4. The molecule has 2 heterocycles. The lowest BCUT2D eigenvalue weighted by Crippen LogP contribution is -2.36. The Hall–Kier alpha value is -3.19. The van der Waals surface area contributed by atoms with Gasteiger partial charge in [-0.05, 0) is 49.2 Å². The lowest BCUT2D eigenvalue weighted by atomic mass is 10.1. The molecule has 1 amide bonds. The zero-order valence-corrected chi connectivity index (χ0v) is 18.3. The first-order valence-corrected chi connectivity index (χ1v) is 10.7. The van der Waals surface area contributed by atoms with Crippen LogP contribution < -0.4 is 10.2 Å². The number of carbonyl (C=O) groups is 1. The molecule has 1 saturated heterocycles. The number of ether oxygens (including phenoxy) is 1. The van der Waals surface area contributed by atoms with Crippen LogP contribution in [0.25, 0.3) is 0 Å². The largest absolute Gasteiger partial charge is 0.378 e. The van der Waals surface area contributed by atoms with Crippen LogP contribution in [0.5, 0.6) is 0 Å². The van der Waals surface area contributed by atoms with Crippen LogP contribution in [0.4, 0.5) is 14.5 Å². The van der Waals surface area contributed by atoms with Gasteiger partial charge in [0.2, 0.25) is 0 Å². The monoisotopic (exact) mass is 439 g/mol. The minimum atomic E-state index is -0.310. The van der Waals surface area contributed by atoms with Crippen molar-refractivity contribution in [3.8, 4) is 0 Å². The highest BCUT2D eigenvalue weighted by Gasteiger charge is 2.26. The predicted octanol–water partition coefficient (Wildman–Crippen LogP) is 4.20. The molecule has 0 atom stereocenters. The Morgan fingerprint density at radius 3 is 2.09 bits per heavy atom. The van der Waals surface area contributed by atoms with Crippen molar-refractivity contribution in [2.75, 3.05) is 31.2 Å². The molecule has 1 aliphatic heterocycles. The van der Waals surface area contributed by atoms with Crippen LogP contribution in [-0.2, 0) is 17.8 Å². The number of hydrogen-bond donors (Lipinski definition) is 1. The van der Waals surface area contributed by atoms with E-state index in [2.05, 4.69) is 10.2 Å². The summed E-state index contributed by atoms with van der Waals surface area (Å²) in [6.45, 7) is 7.55. The highest BCUT2D eigenvalue weighted by atomic mass is 19.1. The fourth-order valence-corrected chi connectivity index (χ4v) is 4.27. The van der Waals surface area contributed by atoms with Crippen LogP contribution in [0.3, 0.4) is 0 Å². The second-order valence-corrected chi connectivity index (χ2v) is 8.03. The number of nitrogens with one attached hydrogen (secondary N) is 1. The molecule has 1 fully saturated rings. The molecule has 0 bridgehead atoms. The van der Waals surface area contributed by atoms with Gasteiger partial charge in [0.25, 0.3) is 5.91 Å². The van der Waals surface area contributed by atoms with Crippen molar-refractivity contribution < 1.29 is 18.3 Å². The SMILES string of the molecule is Cc1c(N2CCOCC2)c(C)n(Cc2ccc(F)cc2)c1C(=O)NCc1ccc(F)cc1. The van der Waals surface area contributed by atoms with Gasteiger partial charge < -0.3 is 19.5 Å². The molecule has 0 spiro atoms. The van der Waals surface area contributed by atoms with Gasteiger partial charge in [-0.15, -0.1) is 0 Å². The van der Waals surface area contributed by atoms with Crippen LogP contribution >= 0.6 is 0 Å². The van der Waals surface area contributed by atoms with Crippen molar-refractivity contribution in [1.29, 1.82) is 0 Å². The van der Waals surface area contributed by atoms with Crippen LogP contribution in [-0.4, -0.2) is 36.8 Å². The van der Waals surface area contributed by atoms with Crippen molar-refractivity contribution in [1.82, 2.24) is 9.88 Å². The molecule has 3 aromatic rings. The summed E-state index contributed by atoms with van der Waals surface area (Å²) in [6.07, 6.45) is 0. The molecule has 0 aliphatic carbocycles. The molecular formula is C25H27F2N3O2.